The quantitative estimate of drug-likeness (QED) is 0.458. The summed E-state index contributed by atoms with van der Waals surface area (Å²) in [6.07, 6.45) is 2.70. The Kier molecular flexibility index (Phi) is 4.10. The van der Waals surface area contributed by atoms with Crippen molar-refractivity contribution in [3.8, 4) is 0 Å². The van der Waals surface area contributed by atoms with Crippen molar-refractivity contribution >= 4 is 11.9 Å². The second kappa shape index (κ2) is 5.40. The predicted octanol–water partition coefficient (Wildman–Crippen LogP) is 0.994. The predicted molar refractivity (Wildman–Crippen MR) is 72.0 cm³/mol. The summed E-state index contributed by atoms with van der Waals surface area (Å²) in [5.74, 6) is -2.68. The lowest BCUT2D eigenvalue weighted by atomic mass is 9.76. The average Bonchev–Trinajstić information content (AvgIpc) is 2.73. The molecule has 7 heteroatoms. The number of nitrogens with one attached hydrogen (secondary N) is 1. The van der Waals surface area contributed by atoms with Crippen LogP contribution in [0.5, 0.6) is 0 Å². The van der Waals surface area contributed by atoms with Gasteiger partial charge >= 0.3 is 5.97 Å². The molecule has 1 amide bonds. The van der Waals surface area contributed by atoms with Crippen LogP contribution in [0.3, 0.4) is 0 Å². The van der Waals surface area contributed by atoms with Gasteiger partial charge < -0.3 is 19.7 Å². The molecule has 2 aliphatic rings. The van der Waals surface area contributed by atoms with Crippen LogP contribution in [0.4, 0.5) is 0 Å². The number of fused-ring (bicyclic) bond motifs is 1. The van der Waals surface area contributed by atoms with Gasteiger partial charge in [0, 0.05) is 6.92 Å². The molecular weight excluding hydrogens is 278 g/mol. The maximum Gasteiger partial charge on any atom is 0.351 e. The Morgan fingerprint density at radius 1 is 1.38 bits per heavy atom. The Bertz CT molecular complexity index is 474. The van der Waals surface area contributed by atoms with E-state index in [1.54, 1.807) is 26.0 Å². The van der Waals surface area contributed by atoms with Crippen molar-refractivity contribution in [2.24, 2.45) is 5.92 Å². The first-order valence-corrected chi connectivity index (χ1v) is 6.93. The highest BCUT2D eigenvalue weighted by Gasteiger charge is 2.57. The van der Waals surface area contributed by atoms with E-state index >= 15 is 0 Å². The molecule has 0 spiro atoms. The van der Waals surface area contributed by atoms with E-state index in [2.05, 4.69) is 10.2 Å². The molecular formula is C14H21NO6. The van der Waals surface area contributed by atoms with E-state index in [1.165, 1.54) is 6.92 Å². The minimum Gasteiger partial charge on any atom is -0.345 e. The molecule has 4 atom stereocenters. The van der Waals surface area contributed by atoms with Gasteiger partial charge in [-0.3, -0.25) is 4.79 Å². The molecule has 21 heavy (non-hydrogen) atoms. The van der Waals surface area contributed by atoms with Crippen LogP contribution in [-0.2, 0) is 24.0 Å². The molecule has 2 N–H and O–H groups in total. The molecule has 0 unspecified atom stereocenters. The monoisotopic (exact) mass is 299 g/mol. The first kappa shape index (κ1) is 15.9. The molecule has 1 aliphatic heterocycles. The first-order chi connectivity index (χ1) is 9.74. The van der Waals surface area contributed by atoms with E-state index in [1.807, 2.05) is 6.92 Å². The normalized spacial score (nSPS) is 36.9. The van der Waals surface area contributed by atoms with Crippen molar-refractivity contribution in [2.45, 2.75) is 57.6 Å². The molecule has 0 saturated carbocycles. The van der Waals surface area contributed by atoms with Gasteiger partial charge in [-0.05, 0) is 20.3 Å². The van der Waals surface area contributed by atoms with Crippen LogP contribution in [0.2, 0.25) is 0 Å². The van der Waals surface area contributed by atoms with Crippen molar-refractivity contribution in [1.82, 2.24) is 5.32 Å². The number of hydrogen-bond donors (Lipinski definition) is 2. The number of amides is 1. The summed E-state index contributed by atoms with van der Waals surface area (Å²) in [6.45, 7) is 6.81. The lowest BCUT2D eigenvalue weighted by Crippen LogP contribution is -2.61. The standard InChI is InChI=1S/C14H21NO6/c1-5-14(15-8(2)16)7-6-9(12(17)21-18)10-11(14)20-13(3,4)19-10/h6-7,9-11,18H,5H2,1-4H3,(H,15,16)/t9-,10-,11+,14+/m0/s1. The fraction of sp³-hybridized carbons (Fsp3) is 0.714. The summed E-state index contributed by atoms with van der Waals surface area (Å²) < 4.78 is 11.7. The number of ether oxygens (including phenoxy) is 2. The fourth-order valence-electron chi connectivity index (χ4n) is 3.05. The van der Waals surface area contributed by atoms with Crippen LogP contribution >= 0.6 is 0 Å². The molecule has 7 nitrogen and oxygen atoms in total. The minimum absolute atomic E-state index is 0.197. The molecule has 1 fully saturated rings. The summed E-state index contributed by atoms with van der Waals surface area (Å²) in [5, 5.41) is 11.5. The van der Waals surface area contributed by atoms with Gasteiger partial charge in [-0.1, -0.05) is 19.1 Å². The van der Waals surface area contributed by atoms with Gasteiger partial charge in [0.05, 0.1) is 5.54 Å². The highest BCUT2D eigenvalue weighted by molar-refractivity contribution is 5.77. The third-order valence-electron chi connectivity index (χ3n) is 3.95. The zero-order valence-electron chi connectivity index (χ0n) is 12.6. The maximum absolute atomic E-state index is 11.7. The molecule has 2 rings (SSSR count). The van der Waals surface area contributed by atoms with Crippen LogP contribution < -0.4 is 5.32 Å². The number of carbonyl (C=O) groups is 2. The van der Waals surface area contributed by atoms with E-state index in [4.69, 9.17) is 14.7 Å². The van der Waals surface area contributed by atoms with Crippen LogP contribution in [0.1, 0.15) is 34.1 Å². The lowest BCUT2D eigenvalue weighted by molar-refractivity contribution is -0.241. The second-order valence-corrected chi connectivity index (χ2v) is 5.89. The summed E-state index contributed by atoms with van der Waals surface area (Å²) in [5.41, 5.74) is -0.753. The van der Waals surface area contributed by atoms with Crippen molar-refractivity contribution in [3.05, 3.63) is 12.2 Å². The van der Waals surface area contributed by atoms with E-state index in [0.29, 0.717) is 6.42 Å². The van der Waals surface area contributed by atoms with E-state index in [0.717, 1.165) is 0 Å². The Morgan fingerprint density at radius 3 is 2.57 bits per heavy atom. The Hall–Kier alpha value is -1.44. The minimum atomic E-state index is -0.895. The molecule has 0 aromatic heterocycles. The molecule has 1 heterocycles. The number of rotatable bonds is 3. The average molecular weight is 299 g/mol. The van der Waals surface area contributed by atoms with E-state index < -0.39 is 35.4 Å². The van der Waals surface area contributed by atoms with Crippen LogP contribution in [0.15, 0.2) is 12.2 Å². The topological polar surface area (TPSA) is 94.1 Å². The summed E-state index contributed by atoms with van der Waals surface area (Å²) in [7, 11) is 0. The zero-order valence-corrected chi connectivity index (χ0v) is 12.6. The van der Waals surface area contributed by atoms with Gasteiger partial charge in [0.1, 0.15) is 18.1 Å². The van der Waals surface area contributed by atoms with Gasteiger partial charge in [-0.25, -0.2) is 4.79 Å². The molecule has 1 saturated heterocycles. The molecule has 0 aromatic carbocycles. The zero-order chi connectivity index (χ0) is 15.8. The SMILES string of the molecule is CC[C@@]1(NC(C)=O)C=C[C@H](C(=O)OO)[C@@H]2OC(C)(C)O[C@H]21. The molecule has 0 radical (unpaired) electrons. The van der Waals surface area contributed by atoms with Crippen molar-refractivity contribution in [3.63, 3.8) is 0 Å². The lowest BCUT2D eigenvalue weighted by Gasteiger charge is -2.41. The maximum atomic E-state index is 11.7. The van der Waals surface area contributed by atoms with Gasteiger partial charge in [0.2, 0.25) is 5.91 Å². The van der Waals surface area contributed by atoms with Crippen LogP contribution in [0.25, 0.3) is 0 Å². The Balaban J connectivity index is 2.42. The Morgan fingerprint density at radius 2 is 2.05 bits per heavy atom. The van der Waals surface area contributed by atoms with Crippen molar-refractivity contribution < 1.29 is 29.2 Å². The van der Waals surface area contributed by atoms with Gasteiger partial charge in [0.15, 0.2) is 5.79 Å². The summed E-state index contributed by atoms with van der Waals surface area (Å²) in [6, 6.07) is 0. The smallest absolute Gasteiger partial charge is 0.345 e. The highest BCUT2D eigenvalue weighted by Crippen LogP contribution is 2.43. The second-order valence-electron chi connectivity index (χ2n) is 5.89. The van der Waals surface area contributed by atoms with Crippen LogP contribution in [0, 0.1) is 5.92 Å². The first-order valence-electron chi connectivity index (χ1n) is 6.93. The van der Waals surface area contributed by atoms with E-state index in [-0.39, 0.29) is 5.91 Å². The third kappa shape index (κ3) is 2.81. The van der Waals surface area contributed by atoms with Gasteiger partial charge in [0.25, 0.3) is 0 Å². The Labute approximate surface area is 123 Å². The summed E-state index contributed by atoms with van der Waals surface area (Å²) >= 11 is 0. The summed E-state index contributed by atoms with van der Waals surface area (Å²) in [4.78, 5) is 27.1. The molecule has 0 bridgehead atoms. The highest BCUT2D eigenvalue weighted by atomic mass is 17.1. The van der Waals surface area contributed by atoms with Crippen molar-refractivity contribution in [1.29, 1.82) is 0 Å². The number of carbonyl (C=O) groups excluding carboxylic acids is 2. The van der Waals surface area contributed by atoms with Crippen LogP contribution in [-0.4, -0.2) is 40.7 Å². The fourth-order valence-corrected chi connectivity index (χ4v) is 3.05. The van der Waals surface area contributed by atoms with Crippen molar-refractivity contribution in [2.75, 3.05) is 0 Å². The molecule has 1 aliphatic carbocycles. The number of hydrogen-bond acceptors (Lipinski definition) is 6. The van der Waals surface area contributed by atoms with Gasteiger partial charge in [-0.15, -0.1) is 0 Å². The van der Waals surface area contributed by atoms with Gasteiger partial charge in [-0.2, -0.15) is 5.26 Å². The molecule has 0 aromatic rings. The third-order valence-corrected chi connectivity index (χ3v) is 3.95. The van der Waals surface area contributed by atoms with E-state index in [9.17, 15) is 9.59 Å². The largest absolute Gasteiger partial charge is 0.351 e. The molecule has 118 valence electrons.